The number of aromatic nitrogens is 2. The van der Waals surface area contributed by atoms with Gasteiger partial charge in [-0.2, -0.15) is 0 Å². The molecule has 24 heavy (non-hydrogen) atoms. The van der Waals surface area contributed by atoms with Gasteiger partial charge >= 0.3 is 0 Å². The highest BCUT2D eigenvalue weighted by atomic mass is 16.1. The largest absolute Gasteiger partial charge is 0.383 e. The first kappa shape index (κ1) is 14.4. The molecule has 1 aliphatic heterocycles. The minimum Gasteiger partial charge on any atom is -0.383 e. The van der Waals surface area contributed by atoms with Crippen molar-refractivity contribution < 1.29 is 4.79 Å². The second kappa shape index (κ2) is 5.81. The fourth-order valence-electron chi connectivity index (χ4n) is 3.06. The fourth-order valence-corrected chi connectivity index (χ4v) is 3.06. The van der Waals surface area contributed by atoms with Crippen LogP contribution in [0.4, 0.5) is 5.69 Å². The number of imidazole rings is 1. The maximum Gasteiger partial charge on any atom is 0.251 e. The third-order valence-corrected chi connectivity index (χ3v) is 4.22. The molecule has 0 saturated heterocycles. The Morgan fingerprint density at radius 2 is 2.17 bits per heavy atom. The molecule has 0 bridgehead atoms. The summed E-state index contributed by atoms with van der Waals surface area (Å²) in [5.74, 6) is 0.434. The van der Waals surface area contributed by atoms with Gasteiger partial charge in [0, 0.05) is 42.0 Å². The summed E-state index contributed by atoms with van der Waals surface area (Å²) in [4.78, 5) is 20.9. The number of nitrogens with two attached hydrogens (primary N) is 1. The van der Waals surface area contributed by atoms with Crippen LogP contribution in [0.15, 0.2) is 54.0 Å². The Hall–Kier alpha value is -3.15. The van der Waals surface area contributed by atoms with Crippen LogP contribution in [0.3, 0.4) is 0 Å². The summed E-state index contributed by atoms with van der Waals surface area (Å²) in [6.45, 7) is 1.44. The normalized spacial score (nSPS) is 12.4. The van der Waals surface area contributed by atoms with E-state index in [1.165, 1.54) is 0 Å². The Balaban J connectivity index is 1.51. The monoisotopic (exact) mass is 319 g/mol. The summed E-state index contributed by atoms with van der Waals surface area (Å²) in [5, 5.41) is 4.83. The van der Waals surface area contributed by atoms with E-state index < -0.39 is 0 Å². The smallest absolute Gasteiger partial charge is 0.251 e. The minimum absolute atomic E-state index is 0.0743. The SMILES string of the molecule is NC1=Nc2ccc(C(=O)NCCCn3ccnc3)c3cccc1c23. The molecule has 4 rings (SSSR count). The molecule has 0 unspecified atom stereocenters. The lowest BCUT2D eigenvalue weighted by Crippen LogP contribution is -2.25. The molecule has 2 aromatic carbocycles. The van der Waals surface area contributed by atoms with Crippen LogP contribution in [0.5, 0.6) is 0 Å². The lowest BCUT2D eigenvalue weighted by Gasteiger charge is -2.09. The van der Waals surface area contributed by atoms with Crippen molar-refractivity contribution in [2.75, 3.05) is 6.54 Å². The number of nitrogens with one attached hydrogen (secondary N) is 1. The molecule has 1 amide bonds. The van der Waals surface area contributed by atoms with Gasteiger partial charge in [0.2, 0.25) is 0 Å². The number of benzene rings is 2. The number of nitrogens with zero attached hydrogens (tertiary/aromatic N) is 3. The molecule has 0 saturated carbocycles. The van der Waals surface area contributed by atoms with E-state index in [1.54, 1.807) is 12.5 Å². The molecule has 0 spiro atoms. The number of aliphatic imine (C=N–C) groups is 1. The zero-order chi connectivity index (χ0) is 16.5. The quantitative estimate of drug-likeness (QED) is 0.707. The van der Waals surface area contributed by atoms with Gasteiger partial charge in [-0.3, -0.25) is 4.79 Å². The molecule has 3 aromatic rings. The zero-order valence-corrected chi connectivity index (χ0v) is 13.1. The molecule has 0 atom stereocenters. The van der Waals surface area contributed by atoms with Crippen LogP contribution in [0, 0.1) is 0 Å². The van der Waals surface area contributed by atoms with Gasteiger partial charge in [-0.15, -0.1) is 0 Å². The highest BCUT2D eigenvalue weighted by Gasteiger charge is 2.19. The van der Waals surface area contributed by atoms with Gasteiger partial charge < -0.3 is 15.6 Å². The standard InChI is InChI=1S/C18H17N5O/c19-17-14-4-1-3-12-13(5-6-15(22-17)16(12)14)18(24)21-7-2-9-23-10-8-20-11-23/h1,3-6,8,10-11H,2,7,9H2,(H2,19,22)(H,21,24). The molecular weight excluding hydrogens is 302 g/mol. The summed E-state index contributed by atoms with van der Waals surface area (Å²) in [6.07, 6.45) is 6.28. The van der Waals surface area contributed by atoms with Crippen molar-refractivity contribution in [3.63, 3.8) is 0 Å². The number of amides is 1. The predicted octanol–water partition coefficient (Wildman–Crippen LogP) is 2.21. The number of hydrogen-bond donors (Lipinski definition) is 2. The summed E-state index contributed by atoms with van der Waals surface area (Å²) in [6, 6.07) is 9.45. The number of aryl methyl sites for hydroxylation is 1. The van der Waals surface area contributed by atoms with Crippen LogP contribution in [-0.4, -0.2) is 27.8 Å². The van der Waals surface area contributed by atoms with Gasteiger partial charge in [0.15, 0.2) is 0 Å². The average molecular weight is 319 g/mol. The van der Waals surface area contributed by atoms with E-state index in [1.807, 2.05) is 41.1 Å². The summed E-state index contributed by atoms with van der Waals surface area (Å²) in [7, 11) is 0. The molecular formula is C18H17N5O. The molecule has 6 heteroatoms. The van der Waals surface area contributed by atoms with Crippen molar-refractivity contribution in [1.29, 1.82) is 0 Å². The van der Waals surface area contributed by atoms with Gasteiger partial charge in [0.1, 0.15) is 5.84 Å². The van der Waals surface area contributed by atoms with E-state index in [-0.39, 0.29) is 5.91 Å². The van der Waals surface area contributed by atoms with E-state index in [0.29, 0.717) is 17.9 Å². The summed E-state index contributed by atoms with van der Waals surface area (Å²) >= 11 is 0. The maximum absolute atomic E-state index is 12.5. The molecule has 1 aromatic heterocycles. The molecule has 3 N–H and O–H groups in total. The Kier molecular flexibility index (Phi) is 3.49. The number of hydrogen-bond acceptors (Lipinski definition) is 4. The van der Waals surface area contributed by atoms with Crippen LogP contribution < -0.4 is 11.1 Å². The van der Waals surface area contributed by atoms with Crippen LogP contribution >= 0.6 is 0 Å². The highest BCUT2D eigenvalue weighted by Crippen LogP contribution is 2.36. The lowest BCUT2D eigenvalue weighted by molar-refractivity contribution is 0.0954. The molecule has 6 nitrogen and oxygen atoms in total. The average Bonchev–Trinajstić information content (AvgIpc) is 3.22. The first-order valence-electron chi connectivity index (χ1n) is 7.88. The fraction of sp³-hybridized carbons (Fsp3) is 0.167. The van der Waals surface area contributed by atoms with Gasteiger partial charge in [0.25, 0.3) is 5.91 Å². The second-order valence-corrected chi connectivity index (χ2v) is 5.77. The third kappa shape index (κ3) is 2.42. The first-order valence-corrected chi connectivity index (χ1v) is 7.88. The van der Waals surface area contributed by atoms with E-state index >= 15 is 0 Å². The first-order chi connectivity index (χ1) is 11.7. The van der Waals surface area contributed by atoms with Crippen molar-refractivity contribution in [3.8, 4) is 0 Å². The van der Waals surface area contributed by atoms with Crippen LogP contribution in [-0.2, 0) is 6.54 Å². The Bertz CT molecular complexity index is 943. The van der Waals surface area contributed by atoms with Crippen LogP contribution in [0.1, 0.15) is 22.3 Å². The second-order valence-electron chi connectivity index (χ2n) is 5.77. The van der Waals surface area contributed by atoms with Crippen LogP contribution in [0.25, 0.3) is 10.8 Å². The van der Waals surface area contributed by atoms with Crippen molar-refractivity contribution in [1.82, 2.24) is 14.9 Å². The van der Waals surface area contributed by atoms with Gasteiger partial charge in [-0.25, -0.2) is 9.98 Å². The Labute approximate surface area is 139 Å². The number of amidine groups is 1. The number of carbonyl (C=O) groups is 1. The van der Waals surface area contributed by atoms with E-state index in [0.717, 1.165) is 35.0 Å². The van der Waals surface area contributed by atoms with E-state index in [2.05, 4.69) is 15.3 Å². The van der Waals surface area contributed by atoms with Crippen molar-refractivity contribution in [3.05, 3.63) is 60.2 Å². The predicted molar refractivity (Wildman–Crippen MR) is 93.5 cm³/mol. The van der Waals surface area contributed by atoms with E-state index in [4.69, 9.17) is 5.73 Å². The van der Waals surface area contributed by atoms with Gasteiger partial charge in [-0.05, 0) is 23.9 Å². The molecule has 2 heterocycles. The molecule has 0 radical (unpaired) electrons. The lowest BCUT2D eigenvalue weighted by atomic mass is 9.99. The minimum atomic E-state index is -0.0743. The van der Waals surface area contributed by atoms with Crippen LogP contribution in [0.2, 0.25) is 0 Å². The van der Waals surface area contributed by atoms with E-state index in [9.17, 15) is 4.79 Å². The van der Waals surface area contributed by atoms with Gasteiger partial charge in [0.05, 0.1) is 12.0 Å². The Morgan fingerprint density at radius 1 is 1.25 bits per heavy atom. The summed E-state index contributed by atoms with van der Waals surface area (Å²) < 4.78 is 1.99. The van der Waals surface area contributed by atoms with Gasteiger partial charge in [-0.1, -0.05) is 18.2 Å². The highest BCUT2D eigenvalue weighted by molar-refractivity contribution is 6.22. The maximum atomic E-state index is 12.5. The van der Waals surface area contributed by atoms with Crippen molar-refractivity contribution in [2.45, 2.75) is 13.0 Å². The van der Waals surface area contributed by atoms with Crippen molar-refractivity contribution >= 4 is 28.2 Å². The molecule has 0 aliphatic carbocycles. The third-order valence-electron chi connectivity index (χ3n) is 4.22. The topological polar surface area (TPSA) is 85.3 Å². The molecule has 1 aliphatic rings. The molecule has 120 valence electrons. The zero-order valence-electron chi connectivity index (χ0n) is 13.1. The number of carbonyl (C=O) groups excluding carboxylic acids is 1. The van der Waals surface area contributed by atoms with Crippen molar-refractivity contribution in [2.24, 2.45) is 10.7 Å². The summed E-state index contributed by atoms with van der Waals surface area (Å²) in [5.41, 5.74) is 8.34. The Morgan fingerprint density at radius 3 is 3.00 bits per heavy atom. The number of rotatable bonds is 5. The molecule has 0 fully saturated rings.